The highest BCUT2D eigenvalue weighted by molar-refractivity contribution is 5.74. The highest BCUT2D eigenvalue weighted by Gasteiger charge is 2.28. The topological polar surface area (TPSA) is 35.5 Å². The van der Waals surface area contributed by atoms with Crippen LogP contribution in [0.15, 0.2) is 36.4 Å². The molecular weight excluding hydrogens is 441 g/mol. The summed E-state index contributed by atoms with van der Waals surface area (Å²) < 4.78 is 54.0. The molecule has 0 spiro atoms. The molecule has 0 bridgehead atoms. The molecule has 2 aromatic rings. The summed E-state index contributed by atoms with van der Waals surface area (Å²) in [6, 6.07) is 9.59. The molecule has 3 nitrogen and oxygen atoms in total. The van der Waals surface area contributed by atoms with Crippen LogP contribution in [0, 0.1) is 11.6 Å². The van der Waals surface area contributed by atoms with E-state index in [-0.39, 0.29) is 24.2 Å². The van der Waals surface area contributed by atoms with E-state index in [9.17, 15) is 18.0 Å². The van der Waals surface area contributed by atoms with Gasteiger partial charge in [-0.2, -0.15) is 0 Å². The van der Waals surface area contributed by atoms with Gasteiger partial charge >= 0.3 is 5.97 Å². The molecule has 0 N–H and O–H groups in total. The number of rotatable bonds is 11. The number of benzene rings is 2. The summed E-state index contributed by atoms with van der Waals surface area (Å²) in [6.07, 6.45) is 4.40. The molecule has 1 fully saturated rings. The first kappa shape index (κ1) is 26.1. The minimum atomic E-state index is -1.55. The molecule has 0 saturated heterocycles. The fourth-order valence-corrected chi connectivity index (χ4v) is 4.38. The standard InChI is InChI=1S/C28H35F3O3/c1-3-5-7-24(29)28(32)34-22-12-8-19(9-13-22)20-10-14-23(25(30)17-20)21-11-15-27(26(31)18-21)33-16-6-4-2/h10-11,14-15,17-19,22,24H,3-9,12-13,16H2,1-2H3/t19?,22?,24-/m0/s1. The Hall–Kier alpha value is -2.50. The highest BCUT2D eigenvalue weighted by Crippen LogP contribution is 2.36. The van der Waals surface area contributed by atoms with Crippen LogP contribution in [-0.2, 0) is 9.53 Å². The van der Waals surface area contributed by atoms with Crippen molar-refractivity contribution in [2.75, 3.05) is 6.61 Å². The summed E-state index contributed by atoms with van der Waals surface area (Å²) in [5.41, 5.74) is 1.67. The first-order chi connectivity index (χ1) is 16.4. The van der Waals surface area contributed by atoms with Crippen LogP contribution >= 0.6 is 0 Å². The van der Waals surface area contributed by atoms with E-state index in [0.717, 1.165) is 37.7 Å². The van der Waals surface area contributed by atoms with Gasteiger partial charge in [-0.05, 0) is 73.8 Å². The van der Waals surface area contributed by atoms with Crippen molar-refractivity contribution >= 4 is 5.97 Å². The van der Waals surface area contributed by atoms with Crippen molar-refractivity contribution in [2.45, 2.75) is 89.8 Å². The number of halogens is 3. The van der Waals surface area contributed by atoms with Gasteiger partial charge in [0.05, 0.1) is 6.61 Å². The smallest absolute Gasteiger partial charge is 0.340 e. The molecule has 0 unspecified atom stereocenters. The summed E-state index contributed by atoms with van der Waals surface area (Å²) in [5.74, 6) is -1.35. The third-order valence-electron chi connectivity index (χ3n) is 6.49. The fourth-order valence-electron chi connectivity index (χ4n) is 4.38. The number of ether oxygens (including phenoxy) is 2. The van der Waals surface area contributed by atoms with Crippen molar-refractivity contribution in [1.82, 2.24) is 0 Å². The van der Waals surface area contributed by atoms with Crippen molar-refractivity contribution < 1.29 is 27.4 Å². The van der Waals surface area contributed by atoms with Gasteiger partial charge in [0.25, 0.3) is 0 Å². The van der Waals surface area contributed by atoms with Gasteiger partial charge < -0.3 is 9.47 Å². The van der Waals surface area contributed by atoms with Crippen LogP contribution in [0.2, 0.25) is 0 Å². The lowest BCUT2D eigenvalue weighted by atomic mass is 9.82. The molecule has 1 atom stereocenters. The molecule has 1 saturated carbocycles. The van der Waals surface area contributed by atoms with Crippen molar-refractivity contribution in [2.24, 2.45) is 0 Å². The van der Waals surface area contributed by atoms with Crippen molar-refractivity contribution in [3.63, 3.8) is 0 Å². The van der Waals surface area contributed by atoms with Crippen molar-refractivity contribution in [3.8, 4) is 16.9 Å². The lowest BCUT2D eigenvalue weighted by Gasteiger charge is -2.29. The third-order valence-corrected chi connectivity index (χ3v) is 6.49. The maximum atomic E-state index is 14.9. The second-order valence-electron chi connectivity index (χ2n) is 9.11. The van der Waals surface area contributed by atoms with E-state index in [1.165, 1.54) is 12.1 Å². The van der Waals surface area contributed by atoms with Gasteiger partial charge in [0.2, 0.25) is 0 Å². The molecule has 1 aliphatic carbocycles. The van der Waals surface area contributed by atoms with Gasteiger partial charge in [-0.3, -0.25) is 0 Å². The average molecular weight is 477 g/mol. The van der Waals surface area contributed by atoms with Gasteiger partial charge in [-0.25, -0.2) is 18.0 Å². The number of esters is 1. The van der Waals surface area contributed by atoms with Gasteiger partial charge in [0, 0.05) is 5.56 Å². The zero-order chi connectivity index (χ0) is 24.5. The summed E-state index contributed by atoms with van der Waals surface area (Å²) in [4.78, 5) is 11.9. The minimum Gasteiger partial charge on any atom is -0.491 e. The monoisotopic (exact) mass is 476 g/mol. The number of unbranched alkanes of at least 4 members (excludes halogenated alkanes) is 2. The summed E-state index contributed by atoms with van der Waals surface area (Å²) in [5, 5.41) is 0. The van der Waals surface area contributed by atoms with E-state index >= 15 is 0 Å². The average Bonchev–Trinajstić information content (AvgIpc) is 2.84. The molecule has 1 aliphatic rings. The van der Waals surface area contributed by atoms with E-state index in [0.29, 0.717) is 37.0 Å². The Morgan fingerprint density at radius 1 is 0.971 bits per heavy atom. The van der Waals surface area contributed by atoms with Crippen LogP contribution < -0.4 is 4.74 Å². The SMILES string of the molecule is CCCCOc1ccc(-c2ccc(C3CCC(OC(=O)[C@@H](F)CCCC)CC3)cc2F)cc1F. The summed E-state index contributed by atoms with van der Waals surface area (Å²) in [6.45, 7) is 4.43. The quantitative estimate of drug-likeness (QED) is 0.244. The Morgan fingerprint density at radius 2 is 1.71 bits per heavy atom. The predicted octanol–water partition coefficient (Wildman–Crippen LogP) is 7.91. The Kier molecular flexibility index (Phi) is 9.85. The molecule has 3 rings (SSSR count). The zero-order valence-corrected chi connectivity index (χ0v) is 20.1. The van der Waals surface area contributed by atoms with Gasteiger partial charge in [-0.15, -0.1) is 0 Å². The summed E-state index contributed by atoms with van der Waals surface area (Å²) in [7, 11) is 0. The second kappa shape index (κ2) is 12.8. The molecule has 0 aromatic heterocycles. The molecule has 2 aromatic carbocycles. The third kappa shape index (κ3) is 7.00. The van der Waals surface area contributed by atoms with E-state index in [4.69, 9.17) is 9.47 Å². The first-order valence-electron chi connectivity index (χ1n) is 12.5. The number of carbonyl (C=O) groups is 1. The number of carbonyl (C=O) groups excluding carboxylic acids is 1. The number of alkyl halides is 1. The Balaban J connectivity index is 1.57. The van der Waals surface area contributed by atoms with E-state index in [1.807, 2.05) is 19.9 Å². The van der Waals surface area contributed by atoms with Crippen LogP contribution in [0.4, 0.5) is 13.2 Å². The second-order valence-corrected chi connectivity index (χ2v) is 9.11. The molecule has 0 amide bonds. The number of hydrogen-bond donors (Lipinski definition) is 0. The fraction of sp³-hybridized carbons (Fsp3) is 0.536. The van der Waals surface area contributed by atoms with E-state index < -0.39 is 23.8 Å². The molecule has 0 aliphatic heterocycles. The maximum Gasteiger partial charge on any atom is 0.340 e. The van der Waals surface area contributed by atoms with Crippen LogP contribution in [0.3, 0.4) is 0 Å². The maximum absolute atomic E-state index is 14.9. The summed E-state index contributed by atoms with van der Waals surface area (Å²) >= 11 is 0. The van der Waals surface area contributed by atoms with Gasteiger partial charge in [0.1, 0.15) is 11.9 Å². The van der Waals surface area contributed by atoms with Gasteiger partial charge in [-0.1, -0.05) is 51.3 Å². The molecule has 0 radical (unpaired) electrons. The Bertz CT molecular complexity index is 938. The van der Waals surface area contributed by atoms with E-state index in [1.54, 1.807) is 18.2 Å². The molecular formula is C28H35F3O3. The van der Waals surface area contributed by atoms with E-state index in [2.05, 4.69) is 0 Å². The molecule has 186 valence electrons. The van der Waals surface area contributed by atoms with Crippen LogP contribution in [0.5, 0.6) is 5.75 Å². The van der Waals surface area contributed by atoms with Gasteiger partial charge in [0.15, 0.2) is 17.7 Å². The molecule has 6 heteroatoms. The zero-order valence-electron chi connectivity index (χ0n) is 20.1. The minimum absolute atomic E-state index is 0.144. The van der Waals surface area contributed by atoms with Crippen molar-refractivity contribution in [1.29, 1.82) is 0 Å². The van der Waals surface area contributed by atoms with Crippen LogP contribution in [0.25, 0.3) is 11.1 Å². The predicted molar refractivity (Wildman–Crippen MR) is 128 cm³/mol. The molecule has 0 heterocycles. The largest absolute Gasteiger partial charge is 0.491 e. The highest BCUT2D eigenvalue weighted by atomic mass is 19.1. The Labute approximate surface area is 200 Å². The normalized spacial score (nSPS) is 19.0. The Morgan fingerprint density at radius 3 is 2.35 bits per heavy atom. The first-order valence-corrected chi connectivity index (χ1v) is 12.5. The lowest BCUT2D eigenvalue weighted by molar-refractivity contribution is -0.157. The van der Waals surface area contributed by atoms with Crippen LogP contribution in [-0.4, -0.2) is 24.9 Å². The van der Waals surface area contributed by atoms with Crippen LogP contribution in [0.1, 0.15) is 83.1 Å². The lowest BCUT2D eigenvalue weighted by Crippen LogP contribution is -2.28. The number of hydrogen-bond acceptors (Lipinski definition) is 3. The molecule has 34 heavy (non-hydrogen) atoms. The van der Waals surface area contributed by atoms with Crippen molar-refractivity contribution in [3.05, 3.63) is 53.6 Å².